The molecule has 1 N–H and O–H groups in total. The number of pyridine rings is 1. The van der Waals surface area contributed by atoms with Gasteiger partial charge in [-0.1, -0.05) is 31.5 Å². The van der Waals surface area contributed by atoms with Gasteiger partial charge >= 0.3 is 0 Å². The summed E-state index contributed by atoms with van der Waals surface area (Å²) < 4.78 is 5.99. The van der Waals surface area contributed by atoms with E-state index in [0.717, 1.165) is 35.7 Å². The van der Waals surface area contributed by atoms with Crippen molar-refractivity contribution in [3.63, 3.8) is 0 Å². The predicted octanol–water partition coefficient (Wildman–Crippen LogP) is 4.58. The first-order chi connectivity index (χ1) is 10.1. The highest BCUT2D eigenvalue weighted by Crippen LogP contribution is 2.29. The number of nitrogens with one attached hydrogen (secondary N) is 1. The van der Waals surface area contributed by atoms with Crippen LogP contribution in [0.1, 0.15) is 25.0 Å². The molecule has 3 nitrogen and oxygen atoms in total. The van der Waals surface area contributed by atoms with Gasteiger partial charge in [0.2, 0.25) is 0 Å². The minimum absolute atomic E-state index is 0.617. The third kappa shape index (κ3) is 4.73. The van der Waals surface area contributed by atoms with E-state index in [2.05, 4.69) is 24.1 Å². The quantitative estimate of drug-likeness (QED) is 0.848. The molecule has 0 unspecified atom stereocenters. The summed E-state index contributed by atoms with van der Waals surface area (Å²) in [6.45, 7) is 8.10. The molecule has 2 aromatic rings. The van der Waals surface area contributed by atoms with Gasteiger partial charge in [0.25, 0.3) is 0 Å². The van der Waals surface area contributed by atoms with E-state index in [1.807, 2.05) is 31.2 Å². The van der Waals surface area contributed by atoms with Crippen molar-refractivity contribution in [2.45, 2.75) is 27.3 Å². The molecule has 0 saturated heterocycles. The predicted molar refractivity (Wildman–Crippen MR) is 87.0 cm³/mol. The smallest absolute Gasteiger partial charge is 0.150 e. The molecule has 2 rings (SSSR count). The summed E-state index contributed by atoms with van der Waals surface area (Å²) in [5.74, 6) is 2.14. The summed E-state index contributed by atoms with van der Waals surface area (Å²) in [4.78, 5) is 4.15. The van der Waals surface area contributed by atoms with E-state index in [0.29, 0.717) is 10.9 Å². The van der Waals surface area contributed by atoms with Crippen LogP contribution in [0.5, 0.6) is 11.5 Å². The molecule has 0 saturated carbocycles. The molecule has 0 amide bonds. The number of aryl methyl sites for hydroxylation is 1. The van der Waals surface area contributed by atoms with Crippen LogP contribution >= 0.6 is 11.6 Å². The second-order valence-electron chi connectivity index (χ2n) is 5.52. The van der Waals surface area contributed by atoms with Crippen LogP contribution in [0.2, 0.25) is 5.02 Å². The zero-order valence-electron chi connectivity index (χ0n) is 12.7. The Balaban J connectivity index is 2.14. The minimum atomic E-state index is 0.617. The van der Waals surface area contributed by atoms with Crippen molar-refractivity contribution in [3.8, 4) is 11.5 Å². The SMILES string of the molecule is Cc1ccc(Cl)cc1Oc1cnccc1CNCC(C)C. The van der Waals surface area contributed by atoms with Gasteiger partial charge in [-0.2, -0.15) is 0 Å². The molecule has 112 valence electrons. The molecule has 1 heterocycles. The molecule has 0 radical (unpaired) electrons. The molecule has 0 fully saturated rings. The Morgan fingerprint density at radius 1 is 1.24 bits per heavy atom. The number of ether oxygens (including phenoxy) is 1. The van der Waals surface area contributed by atoms with Crippen LogP contribution in [0.15, 0.2) is 36.7 Å². The average molecular weight is 305 g/mol. The lowest BCUT2D eigenvalue weighted by Crippen LogP contribution is -2.19. The van der Waals surface area contributed by atoms with E-state index in [1.165, 1.54) is 0 Å². The maximum atomic E-state index is 6.03. The standard InChI is InChI=1S/C17H21ClN2O/c1-12(2)9-20-10-14-6-7-19-11-17(14)21-16-8-15(18)5-4-13(16)3/h4-8,11-12,20H,9-10H2,1-3H3. The summed E-state index contributed by atoms with van der Waals surface area (Å²) >= 11 is 6.03. The maximum absolute atomic E-state index is 6.03. The van der Waals surface area contributed by atoms with E-state index >= 15 is 0 Å². The molecule has 0 aliphatic heterocycles. The molecule has 0 atom stereocenters. The number of benzene rings is 1. The Morgan fingerprint density at radius 3 is 2.81 bits per heavy atom. The van der Waals surface area contributed by atoms with Gasteiger partial charge in [-0.15, -0.1) is 0 Å². The topological polar surface area (TPSA) is 34.1 Å². The zero-order chi connectivity index (χ0) is 15.2. The zero-order valence-corrected chi connectivity index (χ0v) is 13.4. The summed E-state index contributed by atoms with van der Waals surface area (Å²) in [6.07, 6.45) is 3.52. The molecule has 0 bridgehead atoms. The van der Waals surface area contributed by atoms with Crippen molar-refractivity contribution >= 4 is 11.6 Å². The fourth-order valence-electron chi connectivity index (χ4n) is 1.94. The summed E-state index contributed by atoms with van der Waals surface area (Å²) in [7, 11) is 0. The van der Waals surface area contributed by atoms with Crippen molar-refractivity contribution in [3.05, 3.63) is 52.8 Å². The Morgan fingerprint density at radius 2 is 2.05 bits per heavy atom. The number of aromatic nitrogens is 1. The summed E-state index contributed by atoms with van der Waals surface area (Å²) in [5.41, 5.74) is 2.13. The molecule has 0 spiro atoms. The Hall–Kier alpha value is -1.58. The summed E-state index contributed by atoms with van der Waals surface area (Å²) in [6, 6.07) is 7.61. The van der Waals surface area contributed by atoms with Crippen LogP contribution in [-0.4, -0.2) is 11.5 Å². The molecule has 0 aliphatic rings. The highest BCUT2D eigenvalue weighted by Gasteiger charge is 2.08. The Kier molecular flexibility index (Phi) is 5.59. The molecule has 21 heavy (non-hydrogen) atoms. The first-order valence-corrected chi connectivity index (χ1v) is 7.51. The van der Waals surface area contributed by atoms with Crippen molar-refractivity contribution < 1.29 is 4.74 Å². The van der Waals surface area contributed by atoms with E-state index in [4.69, 9.17) is 16.3 Å². The van der Waals surface area contributed by atoms with Gasteiger partial charge in [0.15, 0.2) is 0 Å². The van der Waals surface area contributed by atoms with Crippen molar-refractivity contribution in [1.82, 2.24) is 10.3 Å². The molecule has 0 aliphatic carbocycles. The van der Waals surface area contributed by atoms with Gasteiger partial charge in [-0.05, 0) is 43.1 Å². The number of halogens is 1. The van der Waals surface area contributed by atoms with Gasteiger partial charge in [0.05, 0.1) is 6.20 Å². The molecule has 1 aromatic heterocycles. The monoisotopic (exact) mass is 304 g/mol. The number of hydrogen-bond donors (Lipinski definition) is 1. The summed E-state index contributed by atoms with van der Waals surface area (Å²) in [5, 5.41) is 4.09. The molecule has 1 aromatic carbocycles. The third-order valence-electron chi connectivity index (χ3n) is 3.11. The van der Waals surface area contributed by atoms with Crippen molar-refractivity contribution in [1.29, 1.82) is 0 Å². The molecular weight excluding hydrogens is 284 g/mol. The molecular formula is C17H21ClN2O. The van der Waals surface area contributed by atoms with Crippen LogP contribution in [0.3, 0.4) is 0 Å². The minimum Gasteiger partial charge on any atom is -0.455 e. The van der Waals surface area contributed by atoms with Crippen LogP contribution in [-0.2, 0) is 6.54 Å². The van der Waals surface area contributed by atoms with Crippen molar-refractivity contribution in [2.75, 3.05) is 6.54 Å². The van der Waals surface area contributed by atoms with Crippen molar-refractivity contribution in [2.24, 2.45) is 5.92 Å². The second kappa shape index (κ2) is 7.43. The van der Waals surface area contributed by atoms with Crippen LogP contribution in [0.4, 0.5) is 0 Å². The van der Waals surface area contributed by atoms with E-state index in [-0.39, 0.29) is 0 Å². The Labute approximate surface area is 131 Å². The number of nitrogens with zero attached hydrogens (tertiary/aromatic N) is 1. The normalized spacial score (nSPS) is 10.9. The van der Waals surface area contributed by atoms with E-state index in [1.54, 1.807) is 12.4 Å². The first-order valence-electron chi connectivity index (χ1n) is 7.14. The lowest BCUT2D eigenvalue weighted by atomic mass is 10.2. The highest BCUT2D eigenvalue weighted by molar-refractivity contribution is 6.30. The van der Waals surface area contributed by atoms with Crippen LogP contribution in [0.25, 0.3) is 0 Å². The Bertz CT molecular complexity index is 599. The largest absolute Gasteiger partial charge is 0.455 e. The molecule has 4 heteroatoms. The van der Waals surface area contributed by atoms with Crippen LogP contribution < -0.4 is 10.1 Å². The number of rotatable bonds is 6. The fourth-order valence-corrected chi connectivity index (χ4v) is 2.11. The number of hydrogen-bond acceptors (Lipinski definition) is 3. The second-order valence-corrected chi connectivity index (χ2v) is 5.96. The highest BCUT2D eigenvalue weighted by atomic mass is 35.5. The lowest BCUT2D eigenvalue weighted by molar-refractivity contribution is 0.463. The van der Waals surface area contributed by atoms with Gasteiger partial charge in [-0.25, -0.2) is 0 Å². The third-order valence-corrected chi connectivity index (χ3v) is 3.34. The maximum Gasteiger partial charge on any atom is 0.150 e. The van der Waals surface area contributed by atoms with Gasteiger partial charge < -0.3 is 10.1 Å². The van der Waals surface area contributed by atoms with Gasteiger partial charge in [0, 0.05) is 23.3 Å². The van der Waals surface area contributed by atoms with E-state index < -0.39 is 0 Å². The van der Waals surface area contributed by atoms with Crippen LogP contribution in [0, 0.1) is 12.8 Å². The lowest BCUT2D eigenvalue weighted by Gasteiger charge is -2.14. The average Bonchev–Trinajstić information content (AvgIpc) is 2.44. The van der Waals surface area contributed by atoms with E-state index in [9.17, 15) is 0 Å². The van der Waals surface area contributed by atoms with Gasteiger partial charge in [-0.3, -0.25) is 4.98 Å². The van der Waals surface area contributed by atoms with Gasteiger partial charge in [0.1, 0.15) is 11.5 Å². The first kappa shape index (κ1) is 15.8. The fraction of sp³-hybridized carbons (Fsp3) is 0.353.